The monoisotopic (exact) mass is 490 g/mol. The molecule has 1 fully saturated rings. The van der Waals surface area contributed by atoms with E-state index < -0.39 is 0 Å². The van der Waals surface area contributed by atoms with Crippen LogP contribution in [0.4, 0.5) is 0 Å². The lowest BCUT2D eigenvalue weighted by atomic mass is 10.1. The molecule has 1 heterocycles. The topological polar surface area (TPSA) is 68.3 Å². The average Bonchev–Trinajstić information content (AvgIpc) is 2.82. The molecule has 0 atom stereocenters. The summed E-state index contributed by atoms with van der Waals surface area (Å²) in [7, 11) is 4.72. The predicted octanol–water partition coefficient (Wildman–Crippen LogP) is 3.39. The Bertz CT molecular complexity index is 899. The number of nitrogens with zero attached hydrogens (tertiary/aromatic N) is 2. The first-order valence-electron chi connectivity index (χ1n) is 10.1. The summed E-state index contributed by atoms with van der Waals surface area (Å²) in [6.45, 7) is 2.04. The van der Waals surface area contributed by atoms with Crippen LogP contribution in [-0.2, 0) is 11.2 Å². The molecule has 0 unspecified atom stereocenters. The number of benzene rings is 2. The highest BCUT2D eigenvalue weighted by atomic mass is 79.9. The fourth-order valence-corrected chi connectivity index (χ4v) is 4.09. The van der Waals surface area contributed by atoms with Crippen LogP contribution in [0, 0.1) is 0 Å². The van der Waals surface area contributed by atoms with E-state index in [2.05, 4.69) is 15.9 Å². The number of halogens is 1. The molecule has 0 aliphatic carbocycles. The number of carbonyl (C=O) groups is 2. The summed E-state index contributed by atoms with van der Waals surface area (Å²) in [5.41, 5.74) is 1.59. The van der Waals surface area contributed by atoms with Crippen molar-refractivity contribution in [1.82, 2.24) is 9.80 Å². The molecule has 31 heavy (non-hydrogen) atoms. The maximum Gasteiger partial charge on any atom is 0.254 e. The molecule has 0 radical (unpaired) electrons. The Morgan fingerprint density at radius 3 is 1.94 bits per heavy atom. The van der Waals surface area contributed by atoms with E-state index in [1.807, 2.05) is 29.2 Å². The van der Waals surface area contributed by atoms with Crippen LogP contribution < -0.4 is 14.2 Å². The smallest absolute Gasteiger partial charge is 0.254 e. The second-order valence-corrected chi connectivity index (χ2v) is 8.01. The van der Waals surface area contributed by atoms with Gasteiger partial charge in [-0.15, -0.1) is 0 Å². The number of aryl methyl sites for hydroxylation is 1. The molecule has 0 saturated carbocycles. The van der Waals surface area contributed by atoms with Crippen molar-refractivity contribution < 1.29 is 23.8 Å². The van der Waals surface area contributed by atoms with Gasteiger partial charge >= 0.3 is 0 Å². The van der Waals surface area contributed by atoms with E-state index in [9.17, 15) is 9.59 Å². The first kappa shape index (κ1) is 22.9. The van der Waals surface area contributed by atoms with Gasteiger partial charge in [0.15, 0.2) is 0 Å². The molecule has 0 bridgehead atoms. The highest BCUT2D eigenvalue weighted by molar-refractivity contribution is 9.10. The molecular weight excluding hydrogens is 464 g/mol. The summed E-state index contributed by atoms with van der Waals surface area (Å²) in [6, 6.07) is 11.1. The van der Waals surface area contributed by atoms with Crippen LogP contribution in [0.15, 0.2) is 40.9 Å². The number of ether oxygens (including phenoxy) is 3. The fraction of sp³-hybridized carbons (Fsp3) is 0.391. The van der Waals surface area contributed by atoms with Crippen LogP contribution in [0.25, 0.3) is 0 Å². The van der Waals surface area contributed by atoms with Crippen molar-refractivity contribution in [2.45, 2.75) is 12.8 Å². The molecule has 1 aliphatic rings. The van der Waals surface area contributed by atoms with Gasteiger partial charge in [0, 0.05) is 38.2 Å². The molecular formula is C23H27BrN2O5. The molecule has 166 valence electrons. The summed E-state index contributed by atoms with van der Waals surface area (Å²) in [6.07, 6.45) is 1.13. The lowest BCUT2D eigenvalue weighted by molar-refractivity contribution is -0.132. The van der Waals surface area contributed by atoms with E-state index in [1.165, 1.54) is 0 Å². The molecule has 2 amide bonds. The van der Waals surface area contributed by atoms with E-state index in [0.29, 0.717) is 60.6 Å². The second-order valence-electron chi connectivity index (χ2n) is 7.22. The molecule has 3 rings (SSSR count). The number of methoxy groups -OCH3 is 3. The summed E-state index contributed by atoms with van der Waals surface area (Å²) in [5, 5.41) is 0. The zero-order valence-electron chi connectivity index (χ0n) is 18.0. The third-order valence-corrected chi connectivity index (χ3v) is 6.18. The molecule has 0 spiro atoms. The van der Waals surface area contributed by atoms with Gasteiger partial charge in [-0.1, -0.05) is 12.1 Å². The molecule has 0 N–H and O–H groups in total. The van der Waals surface area contributed by atoms with Crippen LogP contribution in [0.2, 0.25) is 0 Å². The largest absolute Gasteiger partial charge is 0.497 e. The van der Waals surface area contributed by atoms with Crippen molar-refractivity contribution in [2.75, 3.05) is 47.5 Å². The Balaban J connectivity index is 1.55. The third-order valence-electron chi connectivity index (χ3n) is 5.40. The molecule has 7 nitrogen and oxygen atoms in total. The number of piperazine rings is 1. The van der Waals surface area contributed by atoms with Crippen LogP contribution >= 0.6 is 15.9 Å². The summed E-state index contributed by atoms with van der Waals surface area (Å²) >= 11 is 3.42. The van der Waals surface area contributed by atoms with Gasteiger partial charge < -0.3 is 24.0 Å². The van der Waals surface area contributed by atoms with Gasteiger partial charge in [0.05, 0.1) is 21.3 Å². The van der Waals surface area contributed by atoms with Gasteiger partial charge in [-0.2, -0.15) is 0 Å². The van der Waals surface area contributed by atoms with Gasteiger partial charge in [0.1, 0.15) is 21.7 Å². The first-order valence-corrected chi connectivity index (χ1v) is 10.9. The van der Waals surface area contributed by atoms with Crippen molar-refractivity contribution in [3.63, 3.8) is 0 Å². The normalized spacial score (nSPS) is 13.7. The van der Waals surface area contributed by atoms with Gasteiger partial charge in [0.2, 0.25) is 5.91 Å². The Morgan fingerprint density at radius 2 is 1.42 bits per heavy atom. The van der Waals surface area contributed by atoms with E-state index in [0.717, 1.165) is 11.3 Å². The summed E-state index contributed by atoms with van der Waals surface area (Å²) < 4.78 is 16.5. The van der Waals surface area contributed by atoms with Gasteiger partial charge in [0.25, 0.3) is 5.91 Å². The SMILES string of the molecule is COc1ccc(CCC(=O)N2CCN(C(=O)c3cc(OC)c(Br)c(OC)c3)CC2)cc1. The molecule has 8 heteroatoms. The minimum absolute atomic E-state index is 0.102. The number of carbonyl (C=O) groups excluding carboxylic acids is 2. The third kappa shape index (κ3) is 5.50. The van der Waals surface area contributed by atoms with Crippen LogP contribution in [0.1, 0.15) is 22.3 Å². The van der Waals surface area contributed by atoms with Crippen molar-refractivity contribution >= 4 is 27.7 Å². The average molecular weight is 491 g/mol. The minimum Gasteiger partial charge on any atom is -0.497 e. The van der Waals surface area contributed by atoms with E-state index >= 15 is 0 Å². The summed E-state index contributed by atoms with van der Waals surface area (Å²) in [5.74, 6) is 1.88. The first-order chi connectivity index (χ1) is 15.0. The quantitative estimate of drug-likeness (QED) is 0.594. The van der Waals surface area contributed by atoms with Crippen molar-refractivity contribution in [2.24, 2.45) is 0 Å². The Hall–Kier alpha value is -2.74. The van der Waals surface area contributed by atoms with E-state index in [1.54, 1.807) is 38.4 Å². The van der Waals surface area contributed by atoms with Gasteiger partial charge in [-0.05, 0) is 52.2 Å². The molecule has 1 aliphatic heterocycles. The van der Waals surface area contributed by atoms with E-state index in [-0.39, 0.29) is 11.8 Å². The number of rotatable bonds is 7. The number of hydrogen-bond acceptors (Lipinski definition) is 5. The Morgan fingerprint density at radius 1 is 0.871 bits per heavy atom. The van der Waals surface area contributed by atoms with Crippen LogP contribution in [0.3, 0.4) is 0 Å². The number of hydrogen-bond donors (Lipinski definition) is 0. The lowest BCUT2D eigenvalue weighted by Crippen LogP contribution is -2.50. The van der Waals surface area contributed by atoms with Gasteiger partial charge in [-0.3, -0.25) is 9.59 Å². The highest BCUT2D eigenvalue weighted by Gasteiger charge is 2.26. The van der Waals surface area contributed by atoms with Crippen LogP contribution in [-0.4, -0.2) is 69.1 Å². The molecule has 1 saturated heterocycles. The predicted molar refractivity (Wildman–Crippen MR) is 121 cm³/mol. The zero-order valence-corrected chi connectivity index (χ0v) is 19.6. The van der Waals surface area contributed by atoms with Gasteiger partial charge in [-0.25, -0.2) is 0 Å². The number of amides is 2. The minimum atomic E-state index is -0.102. The second kappa shape index (κ2) is 10.5. The van der Waals surface area contributed by atoms with Crippen molar-refractivity contribution in [3.05, 3.63) is 52.0 Å². The maximum absolute atomic E-state index is 13.0. The fourth-order valence-electron chi connectivity index (χ4n) is 3.54. The van der Waals surface area contributed by atoms with E-state index in [4.69, 9.17) is 14.2 Å². The molecule has 2 aromatic rings. The Kier molecular flexibility index (Phi) is 7.79. The highest BCUT2D eigenvalue weighted by Crippen LogP contribution is 2.36. The van der Waals surface area contributed by atoms with Crippen molar-refractivity contribution in [3.8, 4) is 17.2 Å². The molecule has 0 aromatic heterocycles. The lowest BCUT2D eigenvalue weighted by Gasteiger charge is -2.35. The maximum atomic E-state index is 13.0. The van der Waals surface area contributed by atoms with Crippen molar-refractivity contribution in [1.29, 1.82) is 0 Å². The Labute approximate surface area is 191 Å². The standard InChI is InChI=1S/C23H27BrN2O5/c1-29-18-7-4-16(5-8-18)6-9-21(27)25-10-12-26(13-11-25)23(28)17-14-19(30-2)22(24)20(15-17)31-3/h4-5,7-8,14-15H,6,9-13H2,1-3H3. The van der Waals surface area contributed by atoms with Crippen LogP contribution in [0.5, 0.6) is 17.2 Å². The zero-order chi connectivity index (χ0) is 22.4. The molecule has 2 aromatic carbocycles. The summed E-state index contributed by atoms with van der Waals surface area (Å²) in [4.78, 5) is 29.2.